The molecule has 0 aliphatic carbocycles. The number of carbonyl (C=O) groups excluding carboxylic acids is 3. The summed E-state index contributed by atoms with van der Waals surface area (Å²) in [5.74, 6) is -2.34. The molecule has 188 valence electrons. The number of methoxy groups -OCH3 is 1. The second-order valence-corrected chi connectivity index (χ2v) is 9.85. The van der Waals surface area contributed by atoms with E-state index in [0.717, 1.165) is 12.7 Å². The highest BCUT2D eigenvalue weighted by Crippen LogP contribution is 2.25. The number of carbonyl (C=O) groups is 3. The molecular weight excluding hydrogens is 464 g/mol. The third-order valence-electron chi connectivity index (χ3n) is 5.46. The highest BCUT2D eigenvalue weighted by atomic mass is 32.2. The number of aryl methyl sites for hydroxylation is 1. The topological polar surface area (TPSA) is 191 Å². The highest BCUT2D eigenvalue weighted by Gasteiger charge is 2.42. The number of rotatable bonds is 10. The predicted octanol–water partition coefficient (Wildman–Crippen LogP) is -0.943. The molecule has 0 aromatic heterocycles. The van der Waals surface area contributed by atoms with Crippen LogP contribution >= 0.6 is 0 Å². The zero-order valence-electron chi connectivity index (χ0n) is 19.3. The maximum Gasteiger partial charge on any atom is 0.326 e. The Bertz CT molecular complexity index is 1020. The first kappa shape index (κ1) is 27.1. The molecule has 1 saturated heterocycles. The van der Waals surface area contributed by atoms with Gasteiger partial charge in [0.25, 0.3) is 15.9 Å². The number of esters is 1. The predicted molar refractivity (Wildman–Crippen MR) is 125 cm³/mol. The lowest BCUT2D eigenvalue weighted by Gasteiger charge is -2.30. The van der Waals surface area contributed by atoms with Crippen LogP contribution in [0.4, 0.5) is 0 Å². The van der Waals surface area contributed by atoms with E-state index in [9.17, 15) is 22.8 Å². The summed E-state index contributed by atoms with van der Waals surface area (Å²) in [5.41, 5.74) is 17.4. The monoisotopic (exact) mass is 496 g/mol. The van der Waals surface area contributed by atoms with Crippen molar-refractivity contribution in [1.82, 2.24) is 9.21 Å². The van der Waals surface area contributed by atoms with Crippen LogP contribution in [-0.2, 0) is 29.1 Å². The summed E-state index contributed by atoms with van der Waals surface area (Å²) in [6.07, 6.45) is 1.46. The Morgan fingerprint density at radius 3 is 2.47 bits per heavy atom. The number of likely N-dealkylation sites (tertiary alicyclic amines) is 1. The number of guanidine groups is 1. The van der Waals surface area contributed by atoms with Gasteiger partial charge in [0.1, 0.15) is 12.6 Å². The zero-order chi connectivity index (χ0) is 25.5. The van der Waals surface area contributed by atoms with Crippen LogP contribution in [0.15, 0.2) is 34.2 Å². The Balaban J connectivity index is 2.25. The first-order valence-electron chi connectivity index (χ1n) is 10.8. The van der Waals surface area contributed by atoms with E-state index in [0.29, 0.717) is 23.7 Å². The van der Waals surface area contributed by atoms with Gasteiger partial charge in [-0.25, -0.2) is 12.7 Å². The Morgan fingerprint density at radius 1 is 1.24 bits per heavy atom. The van der Waals surface area contributed by atoms with Crippen LogP contribution in [0.1, 0.15) is 31.2 Å². The molecule has 6 N–H and O–H groups in total. The number of benzene rings is 1. The van der Waals surface area contributed by atoms with Gasteiger partial charge in [0.05, 0.1) is 18.0 Å². The van der Waals surface area contributed by atoms with Gasteiger partial charge in [-0.1, -0.05) is 17.7 Å². The molecule has 0 radical (unpaired) electrons. The lowest BCUT2D eigenvalue weighted by atomic mass is 10.1. The van der Waals surface area contributed by atoms with Crippen LogP contribution in [0.2, 0.25) is 0 Å². The van der Waals surface area contributed by atoms with Crippen molar-refractivity contribution >= 4 is 33.8 Å². The Kier molecular flexibility index (Phi) is 9.38. The highest BCUT2D eigenvalue weighted by molar-refractivity contribution is 7.89. The van der Waals surface area contributed by atoms with Gasteiger partial charge in [0.15, 0.2) is 5.96 Å². The van der Waals surface area contributed by atoms with Crippen molar-refractivity contribution in [3.8, 4) is 0 Å². The van der Waals surface area contributed by atoms with E-state index in [1.54, 1.807) is 19.1 Å². The molecule has 1 aromatic carbocycles. The molecule has 12 nitrogen and oxygen atoms in total. The molecule has 0 spiro atoms. The summed E-state index contributed by atoms with van der Waals surface area (Å²) in [6.45, 7) is 1.52. The molecule has 13 heteroatoms. The summed E-state index contributed by atoms with van der Waals surface area (Å²) >= 11 is 0. The number of aliphatic imine (C=N–C) groups is 1. The standard InChI is InChI=1S/C21H32N6O6S/c1-14-7-9-15(10-8-14)34(31,32)27(13-18(28)33-2)20(30)17-6-4-12-26(17)19(29)16(22)5-3-11-25-21(23)24/h7-10,16-17H,3-6,11-13,22H2,1-2H3,(H4,23,24,25)/t16-,17-/m0/s1. The molecule has 1 aliphatic rings. The van der Waals surface area contributed by atoms with Gasteiger partial charge in [-0.3, -0.25) is 19.4 Å². The van der Waals surface area contributed by atoms with E-state index in [-0.39, 0.29) is 30.2 Å². The zero-order valence-corrected chi connectivity index (χ0v) is 20.2. The summed E-state index contributed by atoms with van der Waals surface area (Å²) in [4.78, 5) is 43.3. The Labute approximate surface area is 199 Å². The molecule has 0 bridgehead atoms. The lowest BCUT2D eigenvalue weighted by molar-refractivity contribution is -0.147. The smallest absolute Gasteiger partial charge is 0.326 e. The number of nitrogens with two attached hydrogens (primary N) is 3. The van der Waals surface area contributed by atoms with Crippen LogP contribution in [-0.4, -0.2) is 80.2 Å². The molecule has 2 atom stereocenters. The minimum Gasteiger partial charge on any atom is -0.468 e. The largest absolute Gasteiger partial charge is 0.468 e. The Morgan fingerprint density at radius 2 is 1.88 bits per heavy atom. The van der Waals surface area contributed by atoms with Gasteiger partial charge in [0, 0.05) is 13.1 Å². The second-order valence-electron chi connectivity index (χ2n) is 7.98. The third-order valence-corrected chi connectivity index (χ3v) is 7.22. The fraction of sp³-hybridized carbons (Fsp3) is 0.524. The molecule has 1 heterocycles. The van der Waals surface area contributed by atoms with Crippen molar-refractivity contribution in [3.05, 3.63) is 29.8 Å². The minimum absolute atomic E-state index is 0.0643. The normalized spacial score (nSPS) is 16.6. The molecular formula is C21H32N6O6S. The van der Waals surface area contributed by atoms with Crippen LogP contribution in [0.3, 0.4) is 0 Å². The third kappa shape index (κ3) is 6.67. The number of nitrogens with zero attached hydrogens (tertiary/aromatic N) is 3. The SMILES string of the molecule is COC(=O)CN(C(=O)[C@@H]1CCCN1C(=O)[C@@H](N)CCCN=C(N)N)S(=O)(=O)c1ccc(C)cc1. The molecule has 0 unspecified atom stereocenters. The van der Waals surface area contributed by atoms with Crippen molar-refractivity contribution < 1.29 is 27.5 Å². The van der Waals surface area contributed by atoms with Crippen molar-refractivity contribution in [3.63, 3.8) is 0 Å². The van der Waals surface area contributed by atoms with Crippen LogP contribution in [0, 0.1) is 6.92 Å². The van der Waals surface area contributed by atoms with Crippen molar-refractivity contribution in [2.75, 3.05) is 26.7 Å². The van der Waals surface area contributed by atoms with E-state index in [4.69, 9.17) is 17.2 Å². The van der Waals surface area contributed by atoms with E-state index in [1.165, 1.54) is 17.0 Å². The van der Waals surface area contributed by atoms with Crippen molar-refractivity contribution in [2.24, 2.45) is 22.2 Å². The molecule has 1 fully saturated rings. The number of hydrogen-bond donors (Lipinski definition) is 3. The van der Waals surface area contributed by atoms with Crippen molar-refractivity contribution in [2.45, 2.75) is 49.6 Å². The number of hydrogen-bond acceptors (Lipinski definition) is 8. The van der Waals surface area contributed by atoms with Gasteiger partial charge in [-0.05, 0) is 44.7 Å². The van der Waals surface area contributed by atoms with Crippen LogP contribution in [0.25, 0.3) is 0 Å². The Hall–Kier alpha value is -3.19. The van der Waals surface area contributed by atoms with E-state index in [2.05, 4.69) is 9.73 Å². The van der Waals surface area contributed by atoms with Crippen LogP contribution in [0.5, 0.6) is 0 Å². The number of amides is 2. The maximum atomic E-state index is 13.4. The fourth-order valence-electron chi connectivity index (χ4n) is 3.61. The summed E-state index contributed by atoms with van der Waals surface area (Å²) in [7, 11) is -3.29. The second kappa shape index (κ2) is 11.8. The van der Waals surface area contributed by atoms with Gasteiger partial charge < -0.3 is 26.8 Å². The lowest BCUT2D eigenvalue weighted by Crippen LogP contribution is -2.54. The van der Waals surface area contributed by atoms with E-state index in [1.807, 2.05) is 0 Å². The first-order chi connectivity index (χ1) is 16.0. The number of ether oxygens (including phenoxy) is 1. The number of sulfonamides is 1. The summed E-state index contributed by atoms with van der Waals surface area (Å²) < 4.78 is 31.6. The quantitative estimate of drug-likeness (QED) is 0.159. The van der Waals surface area contributed by atoms with Gasteiger partial charge >= 0.3 is 5.97 Å². The summed E-state index contributed by atoms with van der Waals surface area (Å²) in [5, 5.41) is 0. The average Bonchev–Trinajstić information content (AvgIpc) is 3.29. The van der Waals surface area contributed by atoms with E-state index < -0.39 is 46.4 Å². The summed E-state index contributed by atoms with van der Waals surface area (Å²) in [6, 6.07) is 3.89. The molecule has 2 rings (SSSR count). The maximum absolute atomic E-state index is 13.4. The molecule has 0 saturated carbocycles. The van der Waals surface area contributed by atoms with Gasteiger partial charge in [-0.15, -0.1) is 0 Å². The average molecular weight is 497 g/mol. The molecule has 34 heavy (non-hydrogen) atoms. The first-order valence-corrected chi connectivity index (χ1v) is 12.2. The molecule has 2 amide bonds. The fourth-order valence-corrected chi connectivity index (χ4v) is 4.98. The van der Waals surface area contributed by atoms with Crippen molar-refractivity contribution in [1.29, 1.82) is 0 Å². The van der Waals surface area contributed by atoms with Crippen LogP contribution < -0.4 is 17.2 Å². The van der Waals surface area contributed by atoms with E-state index >= 15 is 0 Å². The van der Waals surface area contributed by atoms with Gasteiger partial charge in [-0.2, -0.15) is 0 Å². The minimum atomic E-state index is -4.38. The van der Waals surface area contributed by atoms with Gasteiger partial charge in [0.2, 0.25) is 5.91 Å². The molecule has 1 aliphatic heterocycles. The molecule has 1 aromatic rings.